The number of anilines is 2. The van der Waals surface area contributed by atoms with Crippen molar-refractivity contribution in [3.05, 3.63) is 65.7 Å². The minimum atomic E-state index is -5.10. The van der Waals surface area contributed by atoms with E-state index in [1.54, 1.807) is 0 Å². The number of carbonyl (C=O) groups excluding carboxylic acids is 1. The molecule has 0 bridgehead atoms. The summed E-state index contributed by atoms with van der Waals surface area (Å²) in [5, 5.41) is 36.0. The Balaban J connectivity index is 2.04. The molecule has 0 heterocycles. The maximum absolute atomic E-state index is 12.5. The van der Waals surface area contributed by atoms with Gasteiger partial charge in [-0.05, 0) is 54.6 Å². The minimum absolute atomic E-state index is 0.0958. The summed E-state index contributed by atoms with van der Waals surface area (Å²) in [7, 11) is -22.8. The molecule has 57 heavy (non-hydrogen) atoms. The highest BCUT2D eigenvalue weighted by molar-refractivity contribution is 7.91. The Morgan fingerprint density at radius 2 is 1.35 bits per heavy atom. The Morgan fingerprint density at radius 1 is 0.754 bits per heavy atom. The van der Waals surface area contributed by atoms with E-state index >= 15 is 0 Å². The number of carboxylic acids is 1. The number of urea groups is 1. The third-order valence-corrected chi connectivity index (χ3v) is 12.7. The van der Waals surface area contributed by atoms with Crippen molar-refractivity contribution in [3.8, 4) is 5.75 Å². The van der Waals surface area contributed by atoms with Gasteiger partial charge in [-0.25, -0.2) is 30.6 Å². The first kappa shape index (κ1) is 46.5. The number of halogens is 1. The smallest absolute Gasteiger partial charge is 0.397 e. The second kappa shape index (κ2) is 18.6. The average molecular weight is 921 g/mol. The van der Waals surface area contributed by atoms with Gasteiger partial charge in [0, 0.05) is 18.0 Å². The van der Waals surface area contributed by atoms with E-state index in [-0.39, 0.29) is 16.3 Å². The molecule has 0 aromatic heterocycles. The fourth-order valence-electron chi connectivity index (χ4n) is 4.12. The van der Waals surface area contributed by atoms with Crippen LogP contribution in [0, 0.1) is 0 Å². The molecular weight excluding hydrogens is 892 g/mol. The third-order valence-electron chi connectivity index (χ3n) is 6.80. The first-order valence-electron chi connectivity index (χ1n) is 14.9. The van der Waals surface area contributed by atoms with E-state index in [2.05, 4.69) is 30.3 Å². The molecular formula is C27H29ClN6O18S5. The number of phenols is 1. The van der Waals surface area contributed by atoms with Crippen LogP contribution in [0.4, 0.5) is 21.9 Å². The molecule has 0 saturated carbocycles. The highest BCUT2D eigenvalue weighted by atomic mass is 35.5. The fourth-order valence-corrected chi connectivity index (χ4v) is 8.10. The predicted molar refractivity (Wildman–Crippen MR) is 198 cm³/mol. The summed E-state index contributed by atoms with van der Waals surface area (Å²) in [6.07, 6.45) is 0. The Labute approximate surface area is 328 Å². The number of hydrogen-bond donors (Lipinski definition) is 8. The summed E-state index contributed by atoms with van der Waals surface area (Å²) in [5.74, 6) is -5.50. The van der Waals surface area contributed by atoms with Crippen LogP contribution in [0.25, 0.3) is 0 Å². The van der Waals surface area contributed by atoms with Crippen LogP contribution in [0.3, 0.4) is 0 Å². The average Bonchev–Trinajstić information content (AvgIpc) is 3.08. The number of phenolic OH excluding ortho intramolecular Hbond substituents is 1. The van der Waals surface area contributed by atoms with Gasteiger partial charge in [-0.1, -0.05) is 0 Å². The number of carbonyl (C=O) groups is 2. The second-order valence-electron chi connectivity index (χ2n) is 10.9. The molecule has 8 N–H and O–H groups in total. The number of alkyl halides is 1. The number of aromatic carboxylic acids is 1. The standard InChI is InChI=1S/C27H29ClN6O18S5/c28-7-10-54(41,42)17-3-1-16(2-4-17)25(33-31-21-13-18(55(43,44)45)5-6-20(21)26(36)37)34-32-23-15-19(56(46,47)48)14-22(24(23)35)30-27(38)29-8-11-53(39,40)12-9-52-57(49,50)51/h1-6,13-15,32,35H,7-12H2,(H,36,37)(H2,29,30,38)(H,43,44,45)(H,46,47,48)(H,49,50,51). The van der Waals surface area contributed by atoms with Gasteiger partial charge >= 0.3 is 22.4 Å². The van der Waals surface area contributed by atoms with Gasteiger partial charge < -0.3 is 20.8 Å². The monoisotopic (exact) mass is 920 g/mol. The largest absolute Gasteiger partial charge is 0.504 e. The summed E-state index contributed by atoms with van der Waals surface area (Å²) < 4.78 is 150. The zero-order valence-electron chi connectivity index (χ0n) is 28.2. The number of hydrogen-bond acceptors (Lipinski definition) is 17. The van der Waals surface area contributed by atoms with Gasteiger partial charge in [0.15, 0.2) is 25.4 Å². The van der Waals surface area contributed by atoms with E-state index < -0.39 is 137 Å². The maximum atomic E-state index is 12.5. The molecule has 2 amide bonds. The molecule has 0 aliphatic carbocycles. The Morgan fingerprint density at radius 3 is 1.91 bits per heavy atom. The van der Waals surface area contributed by atoms with Crippen LogP contribution in [0.1, 0.15) is 15.9 Å². The summed E-state index contributed by atoms with van der Waals surface area (Å²) in [4.78, 5) is 22.4. The molecule has 30 heteroatoms. The highest BCUT2D eigenvalue weighted by Gasteiger charge is 2.21. The van der Waals surface area contributed by atoms with Crippen LogP contribution in [0.5, 0.6) is 5.75 Å². The number of benzene rings is 3. The zero-order valence-corrected chi connectivity index (χ0v) is 33.1. The van der Waals surface area contributed by atoms with E-state index in [1.807, 2.05) is 5.32 Å². The third kappa shape index (κ3) is 14.2. The lowest BCUT2D eigenvalue weighted by molar-refractivity contribution is 0.0697. The van der Waals surface area contributed by atoms with Crippen molar-refractivity contribution in [2.24, 2.45) is 15.3 Å². The highest BCUT2D eigenvalue weighted by Crippen LogP contribution is 2.36. The number of rotatable bonds is 18. The van der Waals surface area contributed by atoms with Crippen molar-refractivity contribution in [3.63, 3.8) is 0 Å². The van der Waals surface area contributed by atoms with Crippen LogP contribution in [-0.4, -0.2) is 120 Å². The molecule has 0 saturated heterocycles. The fraction of sp³-hybridized carbons (Fsp3) is 0.222. The Hall–Kier alpha value is -4.85. The molecule has 0 radical (unpaired) electrons. The van der Waals surface area contributed by atoms with Gasteiger partial charge in [-0.3, -0.25) is 19.1 Å². The van der Waals surface area contributed by atoms with Crippen LogP contribution < -0.4 is 16.1 Å². The first-order chi connectivity index (χ1) is 26.2. The van der Waals surface area contributed by atoms with Gasteiger partial charge in [0.1, 0.15) is 11.4 Å². The topological polar surface area (TPSA) is 388 Å². The normalized spacial score (nSPS) is 13.0. The van der Waals surface area contributed by atoms with E-state index in [9.17, 15) is 71.0 Å². The van der Waals surface area contributed by atoms with Crippen molar-refractivity contribution in [1.82, 2.24) is 5.32 Å². The van der Waals surface area contributed by atoms with Gasteiger partial charge in [-0.15, -0.1) is 21.8 Å². The second-order valence-corrected chi connectivity index (χ2v) is 19.6. The molecule has 0 spiro atoms. The number of azo groups is 1. The van der Waals surface area contributed by atoms with Crippen LogP contribution in [0.2, 0.25) is 0 Å². The Bertz CT molecular complexity index is 2660. The quantitative estimate of drug-likeness (QED) is 0.0170. The predicted octanol–water partition coefficient (Wildman–Crippen LogP) is 1.51. The molecule has 0 aliphatic heterocycles. The Kier molecular flexibility index (Phi) is 15.2. The lowest BCUT2D eigenvalue weighted by Gasteiger charge is -2.14. The summed E-state index contributed by atoms with van der Waals surface area (Å²) in [6, 6.07) is 6.63. The van der Waals surface area contributed by atoms with Crippen molar-refractivity contribution < 1.29 is 79.7 Å². The van der Waals surface area contributed by atoms with E-state index in [0.29, 0.717) is 18.2 Å². The van der Waals surface area contributed by atoms with E-state index in [1.165, 1.54) is 0 Å². The number of amidine groups is 1. The minimum Gasteiger partial charge on any atom is -0.504 e. The lowest BCUT2D eigenvalue weighted by atomic mass is 10.2. The molecule has 0 aliphatic rings. The van der Waals surface area contributed by atoms with Gasteiger partial charge in [-0.2, -0.15) is 30.4 Å². The molecule has 24 nitrogen and oxygen atoms in total. The lowest BCUT2D eigenvalue weighted by Crippen LogP contribution is -2.33. The number of hydrazone groups is 1. The molecule has 3 aromatic carbocycles. The molecule has 3 aromatic rings. The first-order valence-corrected chi connectivity index (χ1v) is 23.2. The van der Waals surface area contributed by atoms with Crippen LogP contribution >= 0.6 is 11.6 Å². The number of sulfone groups is 2. The number of amides is 2. The number of aromatic hydroxyl groups is 1. The van der Waals surface area contributed by atoms with Crippen molar-refractivity contribution in [1.29, 1.82) is 0 Å². The zero-order chi connectivity index (χ0) is 43.0. The molecule has 312 valence electrons. The number of carboxylic acid groups (broad SMARTS) is 1. The van der Waals surface area contributed by atoms with Crippen molar-refractivity contribution in [2.45, 2.75) is 14.7 Å². The summed E-state index contributed by atoms with van der Waals surface area (Å²) >= 11 is 5.57. The van der Waals surface area contributed by atoms with Crippen molar-refractivity contribution >= 4 is 96.8 Å². The van der Waals surface area contributed by atoms with Crippen LogP contribution in [-0.2, 0) is 54.5 Å². The van der Waals surface area contributed by atoms with E-state index in [4.69, 9.17) is 16.2 Å². The molecule has 0 atom stereocenters. The van der Waals surface area contributed by atoms with Gasteiger partial charge in [0.05, 0.1) is 49.8 Å². The molecule has 0 fully saturated rings. The van der Waals surface area contributed by atoms with Gasteiger partial charge in [0.2, 0.25) is 5.84 Å². The summed E-state index contributed by atoms with van der Waals surface area (Å²) in [5.41, 5.74) is -0.558. The maximum Gasteiger partial charge on any atom is 0.397 e. The number of nitrogens with zero attached hydrogens (tertiary/aromatic N) is 3. The summed E-state index contributed by atoms with van der Waals surface area (Å²) in [6.45, 7) is -1.55. The molecule has 3 rings (SSSR count). The van der Waals surface area contributed by atoms with Crippen molar-refractivity contribution in [2.75, 3.05) is 47.0 Å². The van der Waals surface area contributed by atoms with Gasteiger partial charge in [0.25, 0.3) is 20.2 Å². The number of nitrogens with one attached hydrogen (secondary N) is 3. The molecule has 0 unspecified atom stereocenters. The SMILES string of the molecule is O=C(NCCS(=O)(=O)CCOS(=O)(=O)O)Nc1cc(S(=O)(=O)O)cc(NN=C(N=Nc2cc(S(=O)(=O)O)ccc2C(=O)O)c2ccc(S(=O)(=O)CCCl)cc2)c1O. The van der Waals surface area contributed by atoms with E-state index in [0.717, 1.165) is 36.4 Å². The van der Waals surface area contributed by atoms with Crippen LogP contribution in [0.15, 0.2) is 84.6 Å².